The third kappa shape index (κ3) is 3.11. The molecule has 0 amide bonds. The number of nitro groups is 2. The number of nitroso groups, excluding NO2 is 2. The zero-order chi connectivity index (χ0) is 16.9. The predicted octanol–water partition coefficient (Wildman–Crippen LogP) is 2.52. The van der Waals surface area contributed by atoms with Gasteiger partial charge in [-0.2, -0.15) is 0 Å². The molecule has 0 aliphatic rings. The second-order valence-electron chi connectivity index (χ2n) is 3.94. The van der Waals surface area contributed by atoms with Crippen LogP contribution in [0.3, 0.4) is 0 Å². The molecule has 1 rings (SSSR count). The molecular formula is C10H12N6O6. The standard InChI is InChI=1S/C10H12N6O6/c1-3-13(11-17)7-5-8(14(4-2)12-18)10(16(21)22)6-9(7)15(19)20/h5-6H,3-4H2,1-2H3. The van der Waals surface area contributed by atoms with Crippen molar-refractivity contribution in [2.75, 3.05) is 23.1 Å². The number of anilines is 2. The molecule has 0 saturated heterocycles. The van der Waals surface area contributed by atoms with Crippen molar-refractivity contribution in [2.24, 2.45) is 10.6 Å². The second kappa shape index (κ2) is 7.01. The summed E-state index contributed by atoms with van der Waals surface area (Å²) >= 11 is 0. The molecule has 0 atom stereocenters. The highest BCUT2D eigenvalue weighted by Crippen LogP contribution is 2.40. The Morgan fingerprint density at radius 3 is 1.50 bits per heavy atom. The van der Waals surface area contributed by atoms with Crippen molar-refractivity contribution in [3.8, 4) is 0 Å². The number of benzene rings is 1. The van der Waals surface area contributed by atoms with Gasteiger partial charge in [0, 0.05) is 19.2 Å². The van der Waals surface area contributed by atoms with E-state index in [9.17, 15) is 30.0 Å². The van der Waals surface area contributed by atoms with Gasteiger partial charge in [-0.15, -0.1) is 9.81 Å². The minimum absolute atomic E-state index is 0.00222. The molecule has 0 aliphatic heterocycles. The summed E-state index contributed by atoms with van der Waals surface area (Å²) in [5, 5.41) is 28.9. The minimum Gasteiger partial charge on any atom is -0.258 e. The predicted molar refractivity (Wildman–Crippen MR) is 77.4 cm³/mol. The Kier molecular flexibility index (Phi) is 5.38. The van der Waals surface area contributed by atoms with Crippen LogP contribution in [0.25, 0.3) is 0 Å². The van der Waals surface area contributed by atoms with Crippen LogP contribution in [0, 0.1) is 30.0 Å². The third-order valence-corrected chi connectivity index (χ3v) is 2.82. The minimum atomic E-state index is -0.870. The van der Waals surface area contributed by atoms with Crippen LogP contribution in [0.2, 0.25) is 0 Å². The molecule has 22 heavy (non-hydrogen) atoms. The van der Waals surface area contributed by atoms with Crippen LogP contribution in [-0.4, -0.2) is 22.9 Å². The van der Waals surface area contributed by atoms with Crippen LogP contribution in [0.1, 0.15) is 13.8 Å². The molecular weight excluding hydrogens is 300 g/mol. The molecule has 0 aromatic heterocycles. The Hall–Kier alpha value is -3.18. The lowest BCUT2D eigenvalue weighted by molar-refractivity contribution is -0.393. The lowest BCUT2D eigenvalue weighted by Crippen LogP contribution is -2.19. The van der Waals surface area contributed by atoms with E-state index in [4.69, 9.17) is 0 Å². The van der Waals surface area contributed by atoms with E-state index in [1.54, 1.807) is 0 Å². The third-order valence-electron chi connectivity index (χ3n) is 2.82. The SMILES string of the molecule is CCN(N=O)c1cc(N(CC)N=O)c([N+](=O)[O-])cc1[N+](=O)[O-]. The van der Waals surface area contributed by atoms with E-state index in [0.29, 0.717) is 6.07 Å². The normalized spacial score (nSPS) is 9.91. The van der Waals surface area contributed by atoms with Gasteiger partial charge in [0.1, 0.15) is 11.4 Å². The van der Waals surface area contributed by atoms with Crippen LogP contribution in [-0.2, 0) is 0 Å². The maximum Gasteiger partial charge on any atom is 0.301 e. The van der Waals surface area contributed by atoms with E-state index in [-0.39, 0.29) is 24.5 Å². The van der Waals surface area contributed by atoms with E-state index < -0.39 is 21.2 Å². The number of nitro benzene ring substituents is 2. The first kappa shape index (κ1) is 16.9. The summed E-state index contributed by atoms with van der Waals surface area (Å²) in [5.41, 5.74) is -1.85. The van der Waals surface area contributed by atoms with Crippen LogP contribution in [0.4, 0.5) is 22.7 Å². The molecule has 0 heterocycles. The van der Waals surface area contributed by atoms with E-state index >= 15 is 0 Å². The van der Waals surface area contributed by atoms with Crippen molar-refractivity contribution < 1.29 is 9.85 Å². The molecule has 118 valence electrons. The molecule has 0 spiro atoms. The lowest BCUT2D eigenvalue weighted by Gasteiger charge is -2.17. The van der Waals surface area contributed by atoms with Crippen LogP contribution in [0.15, 0.2) is 22.7 Å². The Morgan fingerprint density at radius 1 is 0.909 bits per heavy atom. The van der Waals surface area contributed by atoms with Gasteiger partial charge in [0.2, 0.25) is 0 Å². The maximum atomic E-state index is 11.1. The summed E-state index contributed by atoms with van der Waals surface area (Å²) in [6.45, 7) is 3.04. The number of rotatable bonds is 8. The van der Waals surface area contributed by atoms with Gasteiger partial charge in [-0.3, -0.25) is 20.2 Å². The van der Waals surface area contributed by atoms with Crippen molar-refractivity contribution in [3.05, 3.63) is 42.2 Å². The first-order valence-electron chi connectivity index (χ1n) is 6.09. The molecule has 0 unspecified atom stereocenters. The summed E-state index contributed by atoms with van der Waals surface area (Å²) in [7, 11) is 0. The fourth-order valence-electron chi connectivity index (χ4n) is 1.80. The molecule has 0 fully saturated rings. The Balaban J connectivity index is 3.72. The Labute approximate surface area is 123 Å². The van der Waals surface area contributed by atoms with Gasteiger partial charge in [-0.1, -0.05) is 0 Å². The van der Waals surface area contributed by atoms with E-state index in [2.05, 4.69) is 10.6 Å². The van der Waals surface area contributed by atoms with Gasteiger partial charge < -0.3 is 0 Å². The van der Waals surface area contributed by atoms with Crippen LogP contribution >= 0.6 is 0 Å². The lowest BCUT2D eigenvalue weighted by atomic mass is 10.2. The summed E-state index contributed by atoms with van der Waals surface area (Å²) in [5.74, 6) is 0. The largest absolute Gasteiger partial charge is 0.301 e. The first-order chi connectivity index (χ1) is 10.4. The molecule has 0 aliphatic carbocycles. The number of nitrogens with zero attached hydrogens (tertiary/aromatic N) is 6. The highest BCUT2D eigenvalue weighted by molar-refractivity contribution is 5.77. The highest BCUT2D eigenvalue weighted by atomic mass is 16.6. The summed E-state index contributed by atoms with van der Waals surface area (Å²) in [4.78, 5) is 41.9. The van der Waals surface area contributed by atoms with Gasteiger partial charge in [0.15, 0.2) is 0 Å². The zero-order valence-corrected chi connectivity index (χ0v) is 11.7. The molecule has 1 aromatic carbocycles. The fraction of sp³-hybridized carbons (Fsp3) is 0.400. The smallest absolute Gasteiger partial charge is 0.258 e. The molecule has 0 bridgehead atoms. The molecule has 1 aromatic rings. The molecule has 0 saturated carbocycles. The van der Waals surface area contributed by atoms with Crippen molar-refractivity contribution in [3.63, 3.8) is 0 Å². The van der Waals surface area contributed by atoms with Crippen molar-refractivity contribution in [1.82, 2.24) is 0 Å². The van der Waals surface area contributed by atoms with Gasteiger partial charge in [0.05, 0.1) is 26.5 Å². The van der Waals surface area contributed by atoms with Crippen molar-refractivity contribution in [1.29, 1.82) is 0 Å². The molecule has 12 heteroatoms. The van der Waals surface area contributed by atoms with Crippen molar-refractivity contribution >= 4 is 22.7 Å². The fourth-order valence-corrected chi connectivity index (χ4v) is 1.80. The summed E-state index contributed by atoms with van der Waals surface area (Å²) in [6, 6.07) is 1.65. The highest BCUT2D eigenvalue weighted by Gasteiger charge is 2.30. The molecule has 12 nitrogen and oxygen atoms in total. The summed E-state index contributed by atoms with van der Waals surface area (Å²) < 4.78 is 0. The van der Waals surface area contributed by atoms with Gasteiger partial charge in [0.25, 0.3) is 0 Å². The monoisotopic (exact) mass is 312 g/mol. The van der Waals surface area contributed by atoms with Crippen LogP contribution < -0.4 is 10.0 Å². The maximum absolute atomic E-state index is 11.1. The second-order valence-corrected chi connectivity index (χ2v) is 3.94. The van der Waals surface area contributed by atoms with Crippen molar-refractivity contribution in [2.45, 2.75) is 13.8 Å². The Morgan fingerprint density at radius 2 is 1.27 bits per heavy atom. The van der Waals surface area contributed by atoms with E-state index in [0.717, 1.165) is 16.1 Å². The quantitative estimate of drug-likeness (QED) is 0.403. The van der Waals surface area contributed by atoms with E-state index in [1.807, 2.05) is 0 Å². The average molecular weight is 312 g/mol. The molecule has 0 N–H and O–H groups in total. The first-order valence-corrected chi connectivity index (χ1v) is 6.09. The average Bonchev–Trinajstić information content (AvgIpc) is 2.49. The number of hydrogen-bond donors (Lipinski definition) is 0. The van der Waals surface area contributed by atoms with Crippen LogP contribution in [0.5, 0.6) is 0 Å². The molecule has 0 radical (unpaired) electrons. The van der Waals surface area contributed by atoms with Gasteiger partial charge in [-0.05, 0) is 13.8 Å². The Bertz CT molecular complexity index is 571. The topological polar surface area (TPSA) is 152 Å². The van der Waals surface area contributed by atoms with Gasteiger partial charge in [-0.25, -0.2) is 10.0 Å². The zero-order valence-electron chi connectivity index (χ0n) is 11.7. The van der Waals surface area contributed by atoms with Gasteiger partial charge >= 0.3 is 11.4 Å². The van der Waals surface area contributed by atoms with E-state index in [1.165, 1.54) is 13.8 Å². The number of hydrogen-bond acceptors (Lipinski definition) is 8. The summed E-state index contributed by atoms with van der Waals surface area (Å²) in [6.07, 6.45) is 0.